The summed E-state index contributed by atoms with van der Waals surface area (Å²) in [5.41, 5.74) is 6.75. The van der Waals surface area contributed by atoms with Crippen LogP contribution >= 0.6 is 0 Å². The van der Waals surface area contributed by atoms with Crippen LogP contribution in [0.1, 0.15) is 32.3 Å². The van der Waals surface area contributed by atoms with Crippen molar-refractivity contribution in [2.45, 2.75) is 38.8 Å². The molecule has 1 saturated heterocycles. The standard InChI is InChI=1S/C17H24N2O2/c1-3-13(2)21-16-7-5-4-6-14(16)8-9-17(20)19-11-10-15(18)12-19/h4-9,13,15H,3,10-12,18H2,1-2H3/t13?,15-/m1/s1. The van der Waals surface area contributed by atoms with Crippen molar-refractivity contribution in [3.05, 3.63) is 35.9 Å². The van der Waals surface area contributed by atoms with Gasteiger partial charge in [0.1, 0.15) is 5.75 Å². The third kappa shape index (κ3) is 4.33. The van der Waals surface area contributed by atoms with Crippen LogP contribution in [-0.2, 0) is 4.79 Å². The molecule has 1 aromatic rings. The number of carbonyl (C=O) groups excluding carboxylic acids is 1. The van der Waals surface area contributed by atoms with E-state index in [1.807, 2.05) is 37.3 Å². The molecule has 0 aromatic heterocycles. The van der Waals surface area contributed by atoms with Gasteiger partial charge in [0.2, 0.25) is 5.91 Å². The highest BCUT2D eigenvalue weighted by molar-refractivity contribution is 5.92. The molecule has 0 bridgehead atoms. The number of para-hydroxylation sites is 1. The van der Waals surface area contributed by atoms with Crippen LogP contribution in [0.3, 0.4) is 0 Å². The molecule has 4 heteroatoms. The van der Waals surface area contributed by atoms with Crippen molar-refractivity contribution in [1.82, 2.24) is 4.90 Å². The number of ether oxygens (including phenoxy) is 1. The lowest BCUT2D eigenvalue weighted by Crippen LogP contribution is -2.30. The monoisotopic (exact) mass is 288 g/mol. The molecule has 1 aliphatic rings. The molecular formula is C17H24N2O2. The number of likely N-dealkylation sites (tertiary alicyclic amines) is 1. The van der Waals surface area contributed by atoms with Crippen LogP contribution in [0.25, 0.3) is 6.08 Å². The molecule has 21 heavy (non-hydrogen) atoms. The Hall–Kier alpha value is -1.81. The van der Waals surface area contributed by atoms with Crippen LogP contribution in [0, 0.1) is 0 Å². The summed E-state index contributed by atoms with van der Waals surface area (Å²) in [6.45, 7) is 5.52. The molecule has 1 aliphatic heterocycles. The first-order valence-corrected chi connectivity index (χ1v) is 7.58. The number of rotatable bonds is 5. The Labute approximate surface area is 126 Å². The maximum Gasteiger partial charge on any atom is 0.246 e. The van der Waals surface area contributed by atoms with Gasteiger partial charge in [-0.05, 0) is 31.9 Å². The number of benzene rings is 1. The largest absolute Gasteiger partial charge is 0.490 e. The van der Waals surface area contributed by atoms with Gasteiger partial charge in [-0.3, -0.25) is 4.79 Å². The summed E-state index contributed by atoms with van der Waals surface area (Å²) in [6.07, 6.45) is 5.42. The maximum atomic E-state index is 12.1. The number of hydrogen-bond donors (Lipinski definition) is 1. The van der Waals surface area contributed by atoms with Gasteiger partial charge in [0.15, 0.2) is 0 Å². The number of carbonyl (C=O) groups is 1. The Balaban J connectivity index is 2.04. The van der Waals surface area contributed by atoms with Crippen LogP contribution < -0.4 is 10.5 Å². The maximum absolute atomic E-state index is 12.1. The summed E-state index contributed by atoms with van der Waals surface area (Å²) < 4.78 is 5.87. The normalized spacial score (nSPS) is 20.0. The Morgan fingerprint density at radius 2 is 2.29 bits per heavy atom. The lowest BCUT2D eigenvalue weighted by molar-refractivity contribution is -0.124. The van der Waals surface area contributed by atoms with Gasteiger partial charge in [0.25, 0.3) is 0 Å². The van der Waals surface area contributed by atoms with Gasteiger partial charge in [-0.2, -0.15) is 0 Å². The smallest absolute Gasteiger partial charge is 0.246 e. The molecule has 1 fully saturated rings. The SMILES string of the molecule is CCC(C)Oc1ccccc1C=CC(=O)N1CC[C@@H](N)C1. The zero-order chi connectivity index (χ0) is 15.2. The van der Waals surface area contributed by atoms with Gasteiger partial charge in [-0.1, -0.05) is 25.1 Å². The van der Waals surface area contributed by atoms with Gasteiger partial charge >= 0.3 is 0 Å². The first kappa shape index (κ1) is 15.6. The van der Waals surface area contributed by atoms with Crippen molar-refractivity contribution < 1.29 is 9.53 Å². The number of hydrogen-bond acceptors (Lipinski definition) is 3. The first-order valence-electron chi connectivity index (χ1n) is 7.58. The Morgan fingerprint density at radius 3 is 2.95 bits per heavy atom. The van der Waals surface area contributed by atoms with Gasteiger partial charge in [-0.15, -0.1) is 0 Å². The van der Waals surface area contributed by atoms with E-state index < -0.39 is 0 Å². The molecule has 1 heterocycles. The van der Waals surface area contributed by atoms with E-state index in [1.165, 1.54) is 0 Å². The van der Waals surface area contributed by atoms with E-state index in [0.717, 1.165) is 30.7 Å². The van der Waals surface area contributed by atoms with E-state index in [-0.39, 0.29) is 18.1 Å². The third-order valence-electron chi connectivity index (χ3n) is 3.76. The van der Waals surface area contributed by atoms with Gasteiger partial charge in [0, 0.05) is 30.8 Å². The molecule has 0 spiro atoms. The fraction of sp³-hybridized carbons (Fsp3) is 0.471. The lowest BCUT2D eigenvalue weighted by atomic mass is 10.1. The second-order valence-corrected chi connectivity index (χ2v) is 5.54. The van der Waals surface area contributed by atoms with E-state index in [4.69, 9.17) is 10.5 Å². The molecule has 2 rings (SSSR count). The minimum atomic E-state index is 0.0151. The molecule has 0 aliphatic carbocycles. The van der Waals surface area contributed by atoms with E-state index in [0.29, 0.717) is 6.54 Å². The molecular weight excluding hydrogens is 264 g/mol. The van der Waals surface area contributed by atoms with Crippen LogP contribution in [0.4, 0.5) is 0 Å². The summed E-state index contributed by atoms with van der Waals surface area (Å²) >= 11 is 0. The van der Waals surface area contributed by atoms with Crippen molar-refractivity contribution in [3.8, 4) is 5.75 Å². The summed E-state index contributed by atoms with van der Waals surface area (Å²) in [4.78, 5) is 13.9. The molecule has 2 atom stereocenters. The van der Waals surface area contributed by atoms with E-state index in [2.05, 4.69) is 6.92 Å². The molecule has 0 saturated carbocycles. The fourth-order valence-corrected chi connectivity index (χ4v) is 2.28. The van der Waals surface area contributed by atoms with Crippen LogP contribution in [0.2, 0.25) is 0 Å². The topological polar surface area (TPSA) is 55.6 Å². The highest BCUT2D eigenvalue weighted by atomic mass is 16.5. The Kier molecular flexibility index (Phi) is 5.39. The molecule has 0 radical (unpaired) electrons. The molecule has 114 valence electrons. The van der Waals surface area contributed by atoms with Crippen LogP contribution in [0.5, 0.6) is 5.75 Å². The third-order valence-corrected chi connectivity index (χ3v) is 3.76. The average Bonchev–Trinajstić information content (AvgIpc) is 2.92. The Morgan fingerprint density at radius 1 is 1.52 bits per heavy atom. The molecule has 1 aromatic carbocycles. The summed E-state index contributed by atoms with van der Waals surface area (Å²) in [5, 5.41) is 0. The van der Waals surface area contributed by atoms with E-state index >= 15 is 0 Å². The van der Waals surface area contributed by atoms with Crippen LogP contribution in [0.15, 0.2) is 30.3 Å². The summed E-state index contributed by atoms with van der Waals surface area (Å²) in [6, 6.07) is 7.89. The second-order valence-electron chi connectivity index (χ2n) is 5.54. The first-order chi connectivity index (χ1) is 10.1. The number of amides is 1. The summed E-state index contributed by atoms with van der Waals surface area (Å²) in [7, 11) is 0. The predicted molar refractivity (Wildman–Crippen MR) is 85.0 cm³/mol. The van der Waals surface area contributed by atoms with Crippen molar-refractivity contribution in [2.24, 2.45) is 5.73 Å². The Bertz CT molecular complexity index is 513. The lowest BCUT2D eigenvalue weighted by Gasteiger charge is -2.15. The quantitative estimate of drug-likeness (QED) is 0.847. The minimum absolute atomic E-state index is 0.0151. The van der Waals surface area contributed by atoms with E-state index in [1.54, 1.807) is 11.0 Å². The molecule has 1 amide bonds. The van der Waals surface area contributed by atoms with Crippen molar-refractivity contribution in [2.75, 3.05) is 13.1 Å². The second kappa shape index (κ2) is 7.27. The van der Waals surface area contributed by atoms with E-state index in [9.17, 15) is 4.79 Å². The van der Waals surface area contributed by atoms with Crippen molar-refractivity contribution in [3.63, 3.8) is 0 Å². The zero-order valence-electron chi connectivity index (χ0n) is 12.8. The van der Waals surface area contributed by atoms with Gasteiger partial charge < -0.3 is 15.4 Å². The molecule has 4 nitrogen and oxygen atoms in total. The number of nitrogens with zero attached hydrogens (tertiary/aromatic N) is 1. The fourth-order valence-electron chi connectivity index (χ4n) is 2.28. The highest BCUT2D eigenvalue weighted by Crippen LogP contribution is 2.21. The molecule has 1 unspecified atom stereocenters. The van der Waals surface area contributed by atoms with Crippen molar-refractivity contribution in [1.29, 1.82) is 0 Å². The highest BCUT2D eigenvalue weighted by Gasteiger charge is 2.21. The predicted octanol–water partition coefficient (Wildman–Crippen LogP) is 2.44. The van der Waals surface area contributed by atoms with Crippen LogP contribution in [-0.4, -0.2) is 36.0 Å². The zero-order valence-corrected chi connectivity index (χ0v) is 12.8. The van der Waals surface area contributed by atoms with Crippen molar-refractivity contribution >= 4 is 12.0 Å². The minimum Gasteiger partial charge on any atom is -0.490 e. The number of nitrogens with two attached hydrogens (primary N) is 1. The average molecular weight is 288 g/mol. The van der Waals surface area contributed by atoms with Gasteiger partial charge in [-0.25, -0.2) is 0 Å². The molecule has 2 N–H and O–H groups in total. The summed E-state index contributed by atoms with van der Waals surface area (Å²) in [5.74, 6) is 0.829. The van der Waals surface area contributed by atoms with Gasteiger partial charge in [0.05, 0.1) is 6.10 Å².